The zero-order chi connectivity index (χ0) is 16.5. The fourth-order valence-electron chi connectivity index (χ4n) is 4.53. The van der Waals surface area contributed by atoms with Gasteiger partial charge in [0.15, 0.2) is 0 Å². The zero-order valence-corrected chi connectivity index (χ0v) is 15.1. The second kappa shape index (κ2) is 6.96. The molecule has 2 saturated heterocycles. The van der Waals surface area contributed by atoms with Crippen molar-refractivity contribution in [1.82, 2.24) is 10.2 Å². The van der Waals surface area contributed by atoms with E-state index in [1.807, 2.05) is 24.3 Å². The molecule has 2 amide bonds. The van der Waals surface area contributed by atoms with Crippen molar-refractivity contribution in [3.05, 3.63) is 24.3 Å². The maximum atomic E-state index is 12.3. The molecule has 1 aliphatic carbocycles. The van der Waals surface area contributed by atoms with E-state index in [4.69, 9.17) is 0 Å². The summed E-state index contributed by atoms with van der Waals surface area (Å²) in [5.41, 5.74) is 0.862. The molecule has 2 N–H and O–H groups in total. The van der Waals surface area contributed by atoms with Gasteiger partial charge in [-0.2, -0.15) is 0 Å². The Kier molecular flexibility index (Phi) is 4.72. The smallest absolute Gasteiger partial charge is 0.319 e. The molecule has 1 aromatic carbocycles. The van der Waals surface area contributed by atoms with E-state index < -0.39 is 0 Å². The topological polar surface area (TPSA) is 44.4 Å². The van der Waals surface area contributed by atoms with E-state index in [9.17, 15) is 4.79 Å². The summed E-state index contributed by atoms with van der Waals surface area (Å²) in [5, 5.41) is 6.20. The molecule has 5 heteroatoms. The normalized spacial score (nSPS) is 30.0. The van der Waals surface area contributed by atoms with E-state index in [0.717, 1.165) is 24.6 Å². The summed E-state index contributed by atoms with van der Waals surface area (Å²) >= 11 is 1.71. The van der Waals surface area contributed by atoms with E-state index in [2.05, 4.69) is 21.8 Å². The van der Waals surface area contributed by atoms with Crippen molar-refractivity contribution in [2.24, 2.45) is 0 Å². The molecule has 1 aromatic rings. The average molecular weight is 346 g/mol. The molecule has 0 spiro atoms. The van der Waals surface area contributed by atoms with E-state index in [-0.39, 0.29) is 6.03 Å². The van der Waals surface area contributed by atoms with Crippen LogP contribution in [0.25, 0.3) is 0 Å². The summed E-state index contributed by atoms with van der Waals surface area (Å²) in [6, 6.07) is 10.5. The molecule has 2 atom stereocenters. The molecular weight excluding hydrogens is 318 g/mol. The highest BCUT2D eigenvalue weighted by Gasteiger charge is 2.45. The van der Waals surface area contributed by atoms with Crippen LogP contribution in [0.2, 0.25) is 0 Å². The van der Waals surface area contributed by atoms with Crippen molar-refractivity contribution in [2.45, 2.75) is 74.0 Å². The van der Waals surface area contributed by atoms with Crippen LogP contribution in [0.1, 0.15) is 44.9 Å². The monoisotopic (exact) mass is 345 g/mol. The molecule has 3 fully saturated rings. The standard InChI is InChI=1S/C19H27N3OS/c1-24-18-9-5-13(6-10-18)20-19(23)21-14-11-16-3-2-4-17(12-14)22(16)15-7-8-15/h5-6,9-10,14-17H,2-4,7-8,11-12H2,1H3,(H2,20,21,23)/t16-,17-/m1/s1. The number of thioether (sulfide) groups is 1. The number of rotatable bonds is 4. The summed E-state index contributed by atoms with van der Waals surface area (Å²) in [5.74, 6) is 0. The summed E-state index contributed by atoms with van der Waals surface area (Å²) in [7, 11) is 0. The molecule has 3 aliphatic rings. The van der Waals surface area contributed by atoms with Crippen LogP contribution >= 0.6 is 11.8 Å². The third-order valence-electron chi connectivity index (χ3n) is 5.68. The first kappa shape index (κ1) is 16.3. The first-order valence-electron chi connectivity index (χ1n) is 9.22. The van der Waals surface area contributed by atoms with Gasteiger partial charge in [0.2, 0.25) is 0 Å². The predicted molar refractivity (Wildman–Crippen MR) is 99.7 cm³/mol. The number of anilines is 1. The average Bonchev–Trinajstić information content (AvgIpc) is 3.39. The molecule has 1 saturated carbocycles. The number of hydrogen-bond acceptors (Lipinski definition) is 3. The second-order valence-corrected chi connectivity index (χ2v) is 8.29. The molecule has 24 heavy (non-hydrogen) atoms. The Labute approximate surface area is 148 Å². The van der Waals surface area contributed by atoms with Crippen LogP contribution in [-0.2, 0) is 0 Å². The van der Waals surface area contributed by atoms with Gasteiger partial charge in [0.05, 0.1) is 0 Å². The summed E-state index contributed by atoms with van der Waals surface area (Å²) in [4.78, 5) is 16.3. The van der Waals surface area contributed by atoms with Gasteiger partial charge in [-0.1, -0.05) is 6.42 Å². The van der Waals surface area contributed by atoms with Crippen molar-refractivity contribution in [1.29, 1.82) is 0 Å². The first-order valence-corrected chi connectivity index (χ1v) is 10.4. The van der Waals surface area contributed by atoms with Crippen molar-refractivity contribution in [2.75, 3.05) is 11.6 Å². The largest absolute Gasteiger partial charge is 0.335 e. The van der Waals surface area contributed by atoms with Gasteiger partial charge in [-0.15, -0.1) is 11.8 Å². The molecule has 2 aliphatic heterocycles. The quantitative estimate of drug-likeness (QED) is 0.808. The van der Waals surface area contributed by atoms with E-state index in [0.29, 0.717) is 18.1 Å². The van der Waals surface area contributed by atoms with Crippen molar-refractivity contribution >= 4 is 23.5 Å². The Morgan fingerprint density at radius 3 is 2.29 bits per heavy atom. The number of benzene rings is 1. The minimum absolute atomic E-state index is 0.0603. The van der Waals surface area contributed by atoms with E-state index >= 15 is 0 Å². The van der Waals surface area contributed by atoms with Crippen LogP contribution in [-0.4, -0.2) is 41.4 Å². The van der Waals surface area contributed by atoms with Crippen molar-refractivity contribution in [3.63, 3.8) is 0 Å². The number of nitrogens with one attached hydrogen (secondary N) is 2. The van der Waals surface area contributed by atoms with Crippen molar-refractivity contribution < 1.29 is 4.79 Å². The van der Waals surface area contributed by atoms with Crippen LogP contribution in [0.15, 0.2) is 29.2 Å². The summed E-state index contributed by atoms with van der Waals surface area (Å²) in [6.45, 7) is 0. The van der Waals surface area contributed by atoms with E-state index in [1.54, 1.807) is 11.8 Å². The third kappa shape index (κ3) is 3.57. The molecule has 0 aromatic heterocycles. The lowest BCUT2D eigenvalue weighted by atomic mass is 9.81. The number of nitrogens with zero attached hydrogens (tertiary/aromatic N) is 1. The number of carbonyl (C=O) groups excluding carboxylic acids is 1. The summed E-state index contributed by atoms with van der Waals surface area (Å²) < 4.78 is 0. The van der Waals surface area contributed by atoms with Crippen LogP contribution in [0.5, 0.6) is 0 Å². The molecule has 4 nitrogen and oxygen atoms in total. The molecule has 2 bridgehead atoms. The second-order valence-electron chi connectivity index (χ2n) is 7.41. The minimum atomic E-state index is -0.0603. The minimum Gasteiger partial charge on any atom is -0.335 e. The van der Waals surface area contributed by atoms with Gasteiger partial charge in [-0.3, -0.25) is 4.90 Å². The van der Waals surface area contributed by atoms with Crippen molar-refractivity contribution in [3.8, 4) is 0 Å². The van der Waals surface area contributed by atoms with Gasteiger partial charge in [-0.25, -0.2) is 4.79 Å². The van der Waals surface area contributed by atoms with Crippen LogP contribution in [0, 0.1) is 0 Å². The van der Waals surface area contributed by atoms with Crippen LogP contribution in [0.3, 0.4) is 0 Å². The van der Waals surface area contributed by atoms with Gasteiger partial charge < -0.3 is 10.6 Å². The maximum Gasteiger partial charge on any atom is 0.319 e. The van der Waals surface area contributed by atoms with Gasteiger partial charge >= 0.3 is 6.03 Å². The summed E-state index contributed by atoms with van der Waals surface area (Å²) in [6.07, 6.45) is 11.0. The fraction of sp³-hybridized carbons (Fsp3) is 0.632. The Bertz CT molecular complexity index is 573. The lowest BCUT2D eigenvalue weighted by Crippen LogP contribution is -2.58. The Morgan fingerprint density at radius 1 is 1.04 bits per heavy atom. The zero-order valence-electron chi connectivity index (χ0n) is 14.3. The van der Waals surface area contributed by atoms with Gasteiger partial charge in [0.25, 0.3) is 0 Å². The predicted octanol–water partition coefficient (Wildman–Crippen LogP) is 4.08. The number of fused-ring (bicyclic) bond motifs is 2. The van der Waals surface area contributed by atoms with Gasteiger partial charge in [-0.05, 0) is 69.0 Å². The lowest BCUT2D eigenvalue weighted by Gasteiger charge is -2.49. The highest BCUT2D eigenvalue weighted by molar-refractivity contribution is 7.98. The maximum absolute atomic E-state index is 12.3. The Balaban J connectivity index is 1.32. The van der Waals surface area contributed by atoms with E-state index in [1.165, 1.54) is 37.0 Å². The Hall–Kier alpha value is -1.20. The number of amides is 2. The number of carbonyl (C=O) groups is 1. The molecular formula is C19H27N3OS. The molecule has 2 heterocycles. The fourth-order valence-corrected chi connectivity index (χ4v) is 4.94. The molecule has 0 unspecified atom stereocenters. The Morgan fingerprint density at radius 2 is 1.71 bits per heavy atom. The third-order valence-corrected chi connectivity index (χ3v) is 6.43. The highest BCUT2D eigenvalue weighted by atomic mass is 32.2. The molecule has 0 radical (unpaired) electrons. The molecule has 130 valence electrons. The SMILES string of the molecule is CSc1ccc(NC(=O)NC2C[C@H]3CCC[C@H](C2)N3C2CC2)cc1. The first-order chi connectivity index (χ1) is 11.7. The highest BCUT2D eigenvalue weighted by Crippen LogP contribution is 2.41. The number of hydrogen-bond donors (Lipinski definition) is 2. The van der Waals surface area contributed by atoms with Gasteiger partial charge in [0.1, 0.15) is 0 Å². The number of urea groups is 1. The van der Waals surface area contributed by atoms with Crippen LogP contribution < -0.4 is 10.6 Å². The number of piperidine rings is 2. The lowest BCUT2D eigenvalue weighted by molar-refractivity contribution is 0.0198. The van der Waals surface area contributed by atoms with Gasteiger partial charge in [0, 0.05) is 34.8 Å². The molecule has 4 rings (SSSR count). The van der Waals surface area contributed by atoms with Crippen LogP contribution in [0.4, 0.5) is 10.5 Å².